The molecule has 0 spiro atoms. The van der Waals surface area contributed by atoms with E-state index in [4.69, 9.17) is 9.47 Å². The third kappa shape index (κ3) is 7.50. The van der Waals surface area contributed by atoms with E-state index in [1.165, 1.54) is 17.0 Å². The molecule has 186 valence electrons. The Balaban J connectivity index is 2.47. The average molecular weight is 485 g/mol. The highest BCUT2D eigenvalue weighted by Gasteiger charge is 2.30. The van der Waals surface area contributed by atoms with Crippen LogP contribution in [0.4, 0.5) is 10.5 Å². The highest BCUT2D eigenvalue weighted by Crippen LogP contribution is 2.26. The first-order chi connectivity index (χ1) is 15.3. The number of ether oxygens (including phenoxy) is 2. The maximum Gasteiger partial charge on any atom is 0.317 e. The third-order valence-electron chi connectivity index (χ3n) is 5.42. The van der Waals surface area contributed by atoms with Crippen LogP contribution in [0.3, 0.4) is 0 Å². The smallest absolute Gasteiger partial charge is 0.317 e. The minimum absolute atomic E-state index is 0.0224. The Kier molecular flexibility index (Phi) is 8.96. The second-order valence-corrected chi connectivity index (χ2v) is 10.7. The fraction of sp³-hybridized carbons (Fsp3) is 0.636. The number of urea groups is 1. The molecule has 1 heterocycles. The average Bonchev–Trinajstić information content (AvgIpc) is 2.71. The number of carbonyl (C=O) groups is 2. The third-order valence-corrected chi connectivity index (χ3v) is 6.03. The molecule has 0 saturated carbocycles. The van der Waals surface area contributed by atoms with E-state index in [0.717, 1.165) is 6.26 Å². The molecule has 3 amide bonds. The molecule has 3 atom stereocenters. The molecule has 0 unspecified atom stereocenters. The van der Waals surface area contributed by atoms with E-state index in [1.54, 1.807) is 25.1 Å². The van der Waals surface area contributed by atoms with Gasteiger partial charge in [-0.1, -0.05) is 6.92 Å². The molecule has 33 heavy (non-hydrogen) atoms. The van der Waals surface area contributed by atoms with Gasteiger partial charge in [0.2, 0.25) is 10.0 Å². The van der Waals surface area contributed by atoms with Crippen LogP contribution in [0.5, 0.6) is 5.75 Å². The summed E-state index contributed by atoms with van der Waals surface area (Å²) in [6, 6.07) is 4.04. The summed E-state index contributed by atoms with van der Waals surface area (Å²) < 4.78 is 37.4. The van der Waals surface area contributed by atoms with Gasteiger partial charge in [-0.3, -0.25) is 9.52 Å². The summed E-state index contributed by atoms with van der Waals surface area (Å²) in [5.41, 5.74) is 0.482. The first-order valence-electron chi connectivity index (χ1n) is 10.9. The molecule has 0 bridgehead atoms. The van der Waals surface area contributed by atoms with Crippen LogP contribution in [0.1, 0.15) is 38.1 Å². The predicted molar refractivity (Wildman–Crippen MR) is 127 cm³/mol. The number of carbonyl (C=O) groups excluding carboxylic acids is 2. The van der Waals surface area contributed by atoms with Crippen LogP contribution in [-0.4, -0.2) is 88.5 Å². The van der Waals surface area contributed by atoms with E-state index in [0.29, 0.717) is 12.3 Å². The van der Waals surface area contributed by atoms with Crippen LogP contribution < -0.4 is 14.8 Å². The number of rotatable bonds is 4. The number of fused-ring (bicyclic) bond motifs is 1. The number of benzene rings is 1. The second-order valence-electron chi connectivity index (χ2n) is 8.94. The minimum atomic E-state index is -3.52. The maximum atomic E-state index is 13.3. The number of methoxy groups -OCH3 is 1. The Morgan fingerprint density at radius 1 is 1.24 bits per heavy atom. The van der Waals surface area contributed by atoms with Gasteiger partial charge in [-0.2, -0.15) is 0 Å². The van der Waals surface area contributed by atoms with Crippen molar-refractivity contribution in [2.75, 3.05) is 44.8 Å². The van der Waals surface area contributed by atoms with Crippen LogP contribution in [0, 0.1) is 5.92 Å². The summed E-state index contributed by atoms with van der Waals surface area (Å²) in [7, 11) is -0.283. The highest BCUT2D eigenvalue weighted by atomic mass is 32.2. The maximum absolute atomic E-state index is 13.3. The zero-order valence-corrected chi connectivity index (χ0v) is 21.2. The number of hydrogen-bond acceptors (Lipinski definition) is 6. The molecule has 2 N–H and O–H groups in total. The molecule has 0 radical (unpaired) electrons. The van der Waals surface area contributed by atoms with Gasteiger partial charge in [-0.15, -0.1) is 0 Å². The van der Waals surface area contributed by atoms with Crippen molar-refractivity contribution in [1.82, 2.24) is 15.1 Å². The van der Waals surface area contributed by atoms with Gasteiger partial charge >= 0.3 is 6.03 Å². The largest absolute Gasteiger partial charge is 0.491 e. The molecule has 1 aromatic rings. The number of hydrogen-bond donors (Lipinski definition) is 2. The molecule has 1 aromatic carbocycles. The summed E-state index contributed by atoms with van der Waals surface area (Å²) in [4.78, 5) is 29.4. The molecule has 0 aromatic heterocycles. The van der Waals surface area contributed by atoms with Crippen LogP contribution in [-0.2, 0) is 14.8 Å². The van der Waals surface area contributed by atoms with E-state index < -0.39 is 10.0 Å². The monoisotopic (exact) mass is 484 g/mol. The first-order valence-corrected chi connectivity index (χ1v) is 12.8. The van der Waals surface area contributed by atoms with Crippen molar-refractivity contribution in [1.29, 1.82) is 0 Å². The van der Waals surface area contributed by atoms with Crippen LogP contribution >= 0.6 is 0 Å². The molecule has 0 fully saturated rings. The van der Waals surface area contributed by atoms with E-state index in [1.807, 2.05) is 27.7 Å². The van der Waals surface area contributed by atoms with Crippen molar-refractivity contribution in [3.63, 3.8) is 0 Å². The van der Waals surface area contributed by atoms with Gasteiger partial charge in [0.05, 0.1) is 24.0 Å². The summed E-state index contributed by atoms with van der Waals surface area (Å²) >= 11 is 0. The molecular formula is C22H36N4O6S. The minimum Gasteiger partial charge on any atom is -0.491 e. The van der Waals surface area contributed by atoms with Gasteiger partial charge in [0.25, 0.3) is 5.91 Å². The van der Waals surface area contributed by atoms with Crippen molar-refractivity contribution >= 4 is 27.6 Å². The Labute approximate surface area is 196 Å². The standard InChI is InChI=1S/C22H36N4O6S/c1-14(2)23-22(28)26-11-15(3)20(31-6)12-25(5)21(27)18-10-17(24-33(7,29)30)8-9-19(18)32-13-16(26)4/h8-10,14-16,20,24H,11-13H2,1-7H3,(H,23,28)/t15-,16-,20+/m0/s1. The number of nitrogens with zero attached hydrogens (tertiary/aromatic N) is 2. The first kappa shape index (κ1) is 26.7. The number of anilines is 1. The molecule has 10 nitrogen and oxygen atoms in total. The van der Waals surface area contributed by atoms with Gasteiger partial charge in [0, 0.05) is 44.9 Å². The predicted octanol–water partition coefficient (Wildman–Crippen LogP) is 1.98. The molecule has 0 saturated heterocycles. The normalized spacial score (nSPS) is 22.7. The molecular weight excluding hydrogens is 448 g/mol. The van der Waals surface area contributed by atoms with E-state index in [2.05, 4.69) is 10.0 Å². The number of amides is 3. The number of sulfonamides is 1. The van der Waals surface area contributed by atoms with Crippen molar-refractivity contribution in [2.45, 2.75) is 45.9 Å². The second kappa shape index (κ2) is 11.1. The van der Waals surface area contributed by atoms with Gasteiger partial charge in [0.15, 0.2) is 0 Å². The van der Waals surface area contributed by atoms with E-state index in [9.17, 15) is 18.0 Å². The Hall–Kier alpha value is -2.53. The molecule has 11 heteroatoms. The molecule has 0 aliphatic carbocycles. The molecule has 1 aliphatic rings. The Bertz CT molecular complexity index is 952. The van der Waals surface area contributed by atoms with Crippen LogP contribution in [0.25, 0.3) is 0 Å². The van der Waals surface area contributed by atoms with E-state index >= 15 is 0 Å². The zero-order chi connectivity index (χ0) is 24.9. The van der Waals surface area contributed by atoms with Gasteiger partial charge < -0.3 is 24.6 Å². The molecule has 1 aliphatic heterocycles. The summed E-state index contributed by atoms with van der Waals surface area (Å²) in [5.74, 6) is -0.0775. The SMILES string of the molecule is CO[C@@H]1CN(C)C(=O)c2cc(NS(C)(=O)=O)ccc2OC[C@H](C)N(C(=O)NC(C)C)C[C@@H]1C. The lowest BCUT2D eigenvalue weighted by Crippen LogP contribution is -2.52. The Morgan fingerprint density at radius 2 is 1.91 bits per heavy atom. The highest BCUT2D eigenvalue weighted by molar-refractivity contribution is 7.92. The topological polar surface area (TPSA) is 117 Å². The van der Waals surface area contributed by atoms with Gasteiger partial charge in [0.1, 0.15) is 12.4 Å². The number of likely N-dealkylation sites (N-methyl/N-ethyl adjacent to an activating group) is 1. The summed E-state index contributed by atoms with van der Waals surface area (Å²) in [5, 5.41) is 2.93. The quantitative estimate of drug-likeness (QED) is 0.675. The van der Waals surface area contributed by atoms with Gasteiger partial charge in [-0.25, -0.2) is 13.2 Å². The summed E-state index contributed by atoms with van der Waals surface area (Å²) in [6.07, 6.45) is 0.724. The van der Waals surface area contributed by atoms with Crippen molar-refractivity contribution in [2.24, 2.45) is 5.92 Å². The summed E-state index contributed by atoms with van der Waals surface area (Å²) in [6.45, 7) is 8.52. The fourth-order valence-electron chi connectivity index (χ4n) is 3.67. The van der Waals surface area contributed by atoms with Crippen LogP contribution in [0.2, 0.25) is 0 Å². The fourth-order valence-corrected chi connectivity index (χ4v) is 4.22. The van der Waals surface area contributed by atoms with E-state index in [-0.39, 0.29) is 60.4 Å². The lowest BCUT2D eigenvalue weighted by atomic mass is 10.0. The zero-order valence-electron chi connectivity index (χ0n) is 20.4. The Morgan fingerprint density at radius 3 is 2.48 bits per heavy atom. The van der Waals surface area contributed by atoms with Gasteiger partial charge in [-0.05, 0) is 39.0 Å². The molecule has 2 rings (SSSR count). The number of nitrogens with one attached hydrogen (secondary N) is 2. The van der Waals surface area contributed by atoms with Crippen molar-refractivity contribution in [3.05, 3.63) is 23.8 Å². The lowest BCUT2D eigenvalue weighted by molar-refractivity contribution is 0.0165. The van der Waals surface area contributed by atoms with Crippen molar-refractivity contribution < 1.29 is 27.5 Å². The lowest BCUT2D eigenvalue weighted by Gasteiger charge is -2.36. The van der Waals surface area contributed by atoms with Crippen molar-refractivity contribution in [3.8, 4) is 5.75 Å². The van der Waals surface area contributed by atoms with Crippen LogP contribution in [0.15, 0.2) is 18.2 Å².